The Morgan fingerprint density at radius 2 is 2.11 bits per heavy atom. The molecule has 0 saturated heterocycles. The molecule has 0 aromatic heterocycles. The molecule has 1 aromatic carbocycles. The highest BCUT2D eigenvalue weighted by Crippen LogP contribution is 2.33. The van der Waals surface area contributed by atoms with E-state index in [4.69, 9.17) is 11.5 Å². The van der Waals surface area contributed by atoms with Crippen LogP contribution in [-0.2, 0) is 0 Å². The minimum absolute atomic E-state index is 0.364. The van der Waals surface area contributed by atoms with Crippen molar-refractivity contribution in [1.82, 2.24) is 0 Å². The number of rotatable bonds is 5. The zero-order valence-electron chi connectivity index (χ0n) is 11.5. The van der Waals surface area contributed by atoms with E-state index in [1.807, 2.05) is 18.2 Å². The van der Waals surface area contributed by atoms with Gasteiger partial charge in [0.25, 0.3) is 5.91 Å². The lowest BCUT2D eigenvalue weighted by molar-refractivity contribution is 0.100. The van der Waals surface area contributed by atoms with Crippen molar-refractivity contribution in [1.29, 1.82) is 0 Å². The van der Waals surface area contributed by atoms with Crippen molar-refractivity contribution in [2.45, 2.75) is 32.2 Å². The van der Waals surface area contributed by atoms with Gasteiger partial charge in [0.15, 0.2) is 0 Å². The molecule has 0 heterocycles. The highest BCUT2D eigenvalue weighted by molar-refractivity contribution is 5.98. The topological polar surface area (TPSA) is 72.3 Å². The second-order valence-electron chi connectivity index (χ2n) is 5.16. The van der Waals surface area contributed by atoms with Gasteiger partial charge in [-0.25, -0.2) is 0 Å². The zero-order valence-corrected chi connectivity index (χ0v) is 11.5. The summed E-state index contributed by atoms with van der Waals surface area (Å²) in [5.74, 6) is 0.150. The molecule has 1 saturated carbocycles. The Bertz CT molecular complexity index is 447. The number of nitrogens with zero attached hydrogens (tertiary/aromatic N) is 1. The van der Waals surface area contributed by atoms with Crippen LogP contribution in [0.25, 0.3) is 0 Å². The van der Waals surface area contributed by atoms with E-state index in [0.717, 1.165) is 18.7 Å². The molecule has 2 atom stereocenters. The standard InChI is InChI=1S/C15H23N3O/c1-2-18(13-9-5-6-11(13)10-16)14-8-4-3-7-12(14)15(17)19/h3-4,7-8,11,13H,2,5-6,9-10,16H2,1H3,(H2,17,19). The number of nitrogens with two attached hydrogens (primary N) is 2. The summed E-state index contributed by atoms with van der Waals surface area (Å²) in [6.45, 7) is 3.69. The van der Waals surface area contributed by atoms with Gasteiger partial charge in [-0.05, 0) is 44.4 Å². The number of anilines is 1. The Hall–Kier alpha value is -1.55. The predicted octanol–water partition coefficient (Wildman–Crippen LogP) is 1.74. The number of benzene rings is 1. The third-order valence-electron chi connectivity index (χ3n) is 4.14. The number of hydrogen-bond acceptors (Lipinski definition) is 3. The Morgan fingerprint density at radius 3 is 2.74 bits per heavy atom. The molecule has 0 radical (unpaired) electrons. The molecule has 4 heteroatoms. The van der Waals surface area contributed by atoms with Crippen LogP contribution in [0.15, 0.2) is 24.3 Å². The Balaban J connectivity index is 2.34. The fourth-order valence-corrected chi connectivity index (χ4v) is 3.22. The van der Waals surface area contributed by atoms with Crippen molar-refractivity contribution in [2.75, 3.05) is 18.0 Å². The number of carbonyl (C=O) groups excluding carboxylic acids is 1. The van der Waals surface area contributed by atoms with E-state index in [1.54, 1.807) is 6.07 Å². The zero-order chi connectivity index (χ0) is 13.8. The van der Waals surface area contributed by atoms with Gasteiger partial charge in [-0.1, -0.05) is 18.6 Å². The van der Waals surface area contributed by atoms with Crippen LogP contribution in [0.1, 0.15) is 36.5 Å². The third-order valence-corrected chi connectivity index (χ3v) is 4.14. The van der Waals surface area contributed by atoms with Crippen molar-refractivity contribution in [3.8, 4) is 0 Å². The van der Waals surface area contributed by atoms with E-state index in [0.29, 0.717) is 24.1 Å². The largest absolute Gasteiger partial charge is 0.368 e. The van der Waals surface area contributed by atoms with Gasteiger partial charge in [0.2, 0.25) is 0 Å². The monoisotopic (exact) mass is 261 g/mol. The van der Waals surface area contributed by atoms with Crippen molar-refractivity contribution in [3.05, 3.63) is 29.8 Å². The first-order valence-corrected chi connectivity index (χ1v) is 7.04. The molecule has 0 aliphatic heterocycles. The molecule has 0 bridgehead atoms. The second-order valence-corrected chi connectivity index (χ2v) is 5.16. The summed E-state index contributed by atoms with van der Waals surface area (Å²) in [5, 5.41) is 0. The molecule has 2 unspecified atom stereocenters. The number of hydrogen-bond donors (Lipinski definition) is 2. The molecule has 1 amide bonds. The SMILES string of the molecule is CCN(c1ccccc1C(N)=O)C1CCCC1CN. The van der Waals surface area contributed by atoms with Gasteiger partial charge >= 0.3 is 0 Å². The van der Waals surface area contributed by atoms with Gasteiger partial charge in [0.05, 0.1) is 5.56 Å². The summed E-state index contributed by atoms with van der Waals surface area (Å²) in [6.07, 6.45) is 3.53. The average Bonchev–Trinajstić information content (AvgIpc) is 2.88. The smallest absolute Gasteiger partial charge is 0.250 e. The summed E-state index contributed by atoms with van der Waals surface area (Å²) < 4.78 is 0. The van der Waals surface area contributed by atoms with Crippen LogP contribution in [-0.4, -0.2) is 25.0 Å². The van der Waals surface area contributed by atoms with E-state index >= 15 is 0 Å². The van der Waals surface area contributed by atoms with E-state index in [2.05, 4.69) is 11.8 Å². The molecule has 1 aliphatic rings. The normalized spacial score (nSPS) is 22.4. The van der Waals surface area contributed by atoms with Crippen LogP contribution < -0.4 is 16.4 Å². The first kappa shape index (κ1) is 13.9. The van der Waals surface area contributed by atoms with Gasteiger partial charge in [-0.3, -0.25) is 4.79 Å². The Kier molecular flexibility index (Phi) is 4.43. The number of carbonyl (C=O) groups is 1. The summed E-state index contributed by atoms with van der Waals surface area (Å²) >= 11 is 0. The molecule has 19 heavy (non-hydrogen) atoms. The average molecular weight is 261 g/mol. The lowest BCUT2D eigenvalue weighted by atomic mass is 10.0. The van der Waals surface area contributed by atoms with Crippen molar-refractivity contribution in [2.24, 2.45) is 17.4 Å². The second kappa shape index (κ2) is 6.06. The van der Waals surface area contributed by atoms with Gasteiger partial charge in [0, 0.05) is 18.3 Å². The van der Waals surface area contributed by atoms with Crippen LogP contribution in [0, 0.1) is 5.92 Å². The molecular formula is C15H23N3O. The Labute approximate surface area is 114 Å². The molecule has 1 aliphatic carbocycles. The van der Waals surface area contributed by atoms with E-state index in [1.165, 1.54) is 12.8 Å². The molecule has 1 aromatic rings. The lowest BCUT2D eigenvalue weighted by Crippen LogP contribution is -2.41. The molecule has 104 valence electrons. The molecule has 0 spiro atoms. The summed E-state index contributed by atoms with van der Waals surface area (Å²) in [4.78, 5) is 13.9. The van der Waals surface area contributed by atoms with Crippen LogP contribution in [0.4, 0.5) is 5.69 Å². The lowest BCUT2D eigenvalue weighted by Gasteiger charge is -2.34. The maximum Gasteiger partial charge on any atom is 0.250 e. The predicted molar refractivity (Wildman–Crippen MR) is 78.2 cm³/mol. The number of para-hydroxylation sites is 1. The van der Waals surface area contributed by atoms with Crippen LogP contribution in [0.3, 0.4) is 0 Å². The molecule has 1 fully saturated rings. The van der Waals surface area contributed by atoms with Crippen molar-refractivity contribution in [3.63, 3.8) is 0 Å². The molecule has 2 rings (SSSR count). The van der Waals surface area contributed by atoms with Gasteiger partial charge in [-0.15, -0.1) is 0 Å². The van der Waals surface area contributed by atoms with E-state index < -0.39 is 0 Å². The molecule has 4 N–H and O–H groups in total. The summed E-state index contributed by atoms with van der Waals surface area (Å²) in [6, 6.07) is 8.02. The minimum Gasteiger partial charge on any atom is -0.368 e. The maximum absolute atomic E-state index is 11.6. The van der Waals surface area contributed by atoms with Crippen LogP contribution in [0.2, 0.25) is 0 Å². The minimum atomic E-state index is -0.364. The first-order chi connectivity index (χ1) is 9.19. The fourth-order valence-electron chi connectivity index (χ4n) is 3.22. The fraction of sp³-hybridized carbons (Fsp3) is 0.533. The first-order valence-electron chi connectivity index (χ1n) is 7.04. The van der Waals surface area contributed by atoms with Crippen molar-refractivity contribution < 1.29 is 4.79 Å². The highest BCUT2D eigenvalue weighted by Gasteiger charge is 2.31. The maximum atomic E-state index is 11.6. The molecular weight excluding hydrogens is 238 g/mol. The van der Waals surface area contributed by atoms with Gasteiger partial charge in [-0.2, -0.15) is 0 Å². The highest BCUT2D eigenvalue weighted by atomic mass is 16.1. The number of amides is 1. The summed E-state index contributed by atoms with van der Waals surface area (Å²) in [7, 11) is 0. The third kappa shape index (κ3) is 2.73. The van der Waals surface area contributed by atoms with Gasteiger partial charge in [0.1, 0.15) is 0 Å². The quantitative estimate of drug-likeness (QED) is 0.848. The van der Waals surface area contributed by atoms with E-state index in [-0.39, 0.29) is 5.91 Å². The van der Waals surface area contributed by atoms with Crippen LogP contribution >= 0.6 is 0 Å². The number of primary amides is 1. The van der Waals surface area contributed by atoms with Crippen LogP contribution in [0.5, 0.6) is 0 Å². The van der Waals surface area contributed by atoms with E-state index in [9.17, 15) is 4.79 Å². The van der Waals surface area contributed by atoms with Crippen molar-refractivity contribution >= 4 is 11.6 Å². The molecule has 4 nitrogen and oxygen atoms in total. The van der Waals surface area contributed by atoms with Gasteiger partial charge < -0.3 is 16.4 Å². The summed E-state index contributed by atoms with van der Waals surface area (Å²) in [5.41, 5.74) is 12.9. The Morgan fingerprint density at radius 1 is 1.37 bits per heavy atom.